The van der Waals surface area contributed by atoms with E-state index in [4.69, 9.17) is 5.73 Å². The number of hydrogen-bond acceptors (Lipinski definition) is 4. The van der Waals surface area contributed by atoms with E-state index in [0.29, 0.717) is 23.5 Å². The summed E-state index contributed by atoms with van der Waals surface area (Å²) in [6, 6.07) is 7.61. The van der Waals surface area contributed by atoms with Crippen LogP contribution in [-0.2, 0) is 9.84 Å². The molecule has 0 radical (unpaired) electrons. The molecular weight excluding hydrogens is 352 g/mol. The predicted molar refractivity (Wildman–Crippen MR) is 89.1 cm³/mol. The summed E-state index contributed by atoms with van der Waals surface area (Å²) >= 11 is 3.32. The zero-order valence-corrected chi connectivity index (χ0v) is 14.7. The van der Waals surface area contributed by atoms with E-state index in [1.165, 1.54) is 0 Å². The summed E-state index contributed by atoms with van der Waals surface area (Å²) in [4.78, 5) is 2.56. The first kappa shape index (κ1) is 16.9. The summed E-state index contributed by atoms with van der Waals surface area (Å²) in [5.74, 6) is 0.160. The van der Waals surface area contributed by atoms with Crippen LogP contribution in [0.5, 0.6) is 0 Å². The maximum absolute atomic E-state index is 12.3. The second-order valence-corrected chi connectivity index (χ2v) is 8.85. The molecule has 0 unspecified atom stereocenters. The van der Waals surface area contributed by atoms with Crippen LogP contribution in [0.3, 0.4) is 0 Å². The van der Waals surface area contributed by atoms with Crippen LogP contribution in [0.15, 0.2) is 33.6 Å². The lowest BCUT2D eigenvalue weighted by molar-refractivity contribution is 0.192. The topological polar surface area (TPSA) is 63.4 Å². The molecule has 1 aliphatic rings. The smallest absolute Gasteiger partial charge is 0.179 e. The number of rotatable bonds is 5. The van der Waals surface area contributed by atoms with Gasteiger partial charge in [0.2, 0.25) is 0 Å². The Bertz CT molecular complexity index is 552. The van der Waals surface area contributed by atoms with Gasteiger partial charge in [-0.2, -0.15) is 0 Å². The molecule has 0 saturated heterocycles. The SMILES string of the molecule is CN(CCS(=O)(=O)c1ccc(Br)cc1)C1CCC(N)CC1. The van der Waals surface area contributed by atoms with Gasteiger partial charge in [0.1, 0.15) is 0 Å². The fraction of sp³-hybridized carbons (Fsp3) is 0.600. The van der Waals surface area contributed by atoms with E-state index in [0.717, 1.165) is 30.2 Å². The first-order valence-electron chi connectivity index (χ1n) is 7.32. The summed E-state index contributed by atoms with van der Waals surface area (Å²) in [7, 11) is -1.20. The van der Waals surface area contributed by atoms with Crippen LogP contribution in [0.2, 0.25) is 0 Å². The van der Waals surface area contributed by atoms with Gasteiger partial charge in [-0.25, -0.2) is 8.42 Å². The van der Waals surface area contributed by atoms with Gasteiger partial charge < -0.3 is 10.6 Å². The molecule has 0 amide bonds. The zero-order valence-electron chi connectivity index (χ0n) is 12.3. The second kappa shape index (κ2) is 7.22. The summed E-state index contributed by atoms with van der Waals surface area (Å²) in [6.45, 7) is 0.568. The molecular formula is C15H23BrN2O2S. The Morgan fingerprint density at radius 1 is 1.19 bits per heavy atom. The van der Waals surface area contributed by atoms with Gasteiger partial charge in [0.15, 0.2) is 9.84 Å². The average molecular weight is 375 g/mol. The van der Waals surface area contributed by atoms with Crippen molar-refractivity contribution in [3.63, 3.8) is 0 Å². The van der Waals surface area contributed by atoms with Crippen molar-refractivity contribution >= 4 is 25.8 Å². The molecule has 1 aromatic rings. The van der Waals surface area contributed by atoms with Gasteiger partial charge in [-0.15, -0.1) is 0 Å². The van der Waals surface area contributed by atoms with Crippen LogP contribution < -0.4 is 5.73 Å². The van der Waals surface area contributed by atoms with Gasteiger partial charge in [0.05, 0.1) is 10.6 Å². The monoisotopic (exact) mass is 374 g/mol. The maximum Gasteiger partial charge on any atom is 0.179 e. The lowest BCUT2D eigenvalue weighted by Crippen LogP contribution is -2.40. The van der Waals surface area contributed by atoms with Crippen LogP contribution in [0.1, 0.15) is 25.7 Å². The largest absolute Gasteiger partial charge is 0.328 e. The predicted octanol–water partition coefficient (Wildman–Crippen LogP) is 2.42. The first-order chi connectivity index (χ1) is 9.88. The highest BCUT2D eigenvalue weighted by molar-refractivity contribution is 9.10. The van der Waals surface area contributed by atoms with Crippen LogP contribution in [0.25, 0.3) is 0 Å². The molecule has 4 nitrogen and oxygen atoms in total. The van der Waals surface area contributed by atoms with Crippen molar-refractivity contribution in [1.29, 1.82) is 0 Å². The molecule has 0 atom stereocenters. The Morgan fingerprint density at radius 2 is 1.76 bits per heavy atom. The van der Waals surface area contributed by atoms with Gasteiger partial charge in [-0.3, -0.25) is 0 Å². The lowest BCUT2D eigenvalue weighted by atomic mass is 9.91. The summed E-state index contributed by atoms with van der Waals surface area (Å²) in [5.41, 5.74) is 5.91. The van der Waals surface area contributed by atoms with E-state index in [9.17, 15) is 8.42 Å². The Hall–Kier alpha value is -0.430. The summed E-state index contributed by atoms with van der Waals surface area (Å²) in [5, 5.41) is 0. The van der Waals surface area contributed by atoms with E-state index < -0.39 is 9.84 Å². The van der Waals surface area contributed by atoms with E-state index in [1.807, 2.05) is 7.05 Å². The molecule has 0 bridgehead atoms. The molecule has 2 rings (SSSR count). The zero-order chi connectivity index (χ0) is 15.5. The number of nitrogens with two attached hydrogens (primary N) is 1. The van der Waals surface area contributed by atoms with Crippen molar-refractivity contribution in [3.05, 3.63) is 28.7 Å². The molecule has 118 valence electrons. The molecule has 21 heavy (non-hydrogen) atoms. The minimum atomic E-state index is -3.21. The van der Waals surface area contributed by atoms with Crippen LogP contribution in [0.4, 0.5) is 0 Å². The molecule has 0 heterocycles. The first-order valence-corrected chi connectivity index (χ1v) is 9.77. The van der Waals surface area contributed by atoms with Crippen molar-refractivity contribution in [3.8, 4) is 0 Å². The number of benzene rings is 1. The minimum absolute atomic E-state index is 0.160. The number of hydrogen-bond donors (Lipinski definition) is 1. The van der Waals surface area contributed by atoms with E-state index in [2.05, 4.69) is 20.8 Å². The van der Waals surface area contributed by atoms with Crippen molar-refractivity contribution < 1.29 is 8.42 Å². The van der Waals surface area contributed by atoms with Gasteiger partial charge in [0.25, 0.3) is 0 Å². The number of sulfone groups is 1. The van der Waals surface area contributed by atoms with Crippen LogP contribution in [-0.4, -0.2) is 44.7 Å². The molecule has 1 aliphatic carbocycles. The third-order valence-corrected chi connectivity index (χ3v) is 6.49. The molecule has 1 saturated carbocycles. The molecule has 1 aromatic carbocycles. The quantitative estimate of drug-likeness (QED) is 0.859. The lowest BCUT2D eigenvalue weighted by Gasteiger charge is -2.33. The molecule has 0 aromatic heterocycles. The normalized spacial score (nSPS) is 23.4. The third-order valence-electron chi connectivity index (χ3n) is 4.25. The minimum Gasteiger partial charge on any atom is -0.328 e. The summed E-state index contributed by atoms with van der Waals surface area (Å²) < 4.78 is 25.5. The number of nitrogens with zero attached hydrogens (tertiary/aromatic N) is 1. The molecule has 1 fully saturated rings. The second-order valence-electron chi connectivity index (χ2n) is 5.82. The average Bonchev–Trinajstić information content (AvgIpc) is 2.46. The van der Waals surface area contributed by atoms with Gasteiger partial charge in [-0.05, 0) is 57.0 Å². The van der Waals surface area contributed by atoms with Crippen LogP contribution >= 0.6 is 15.9 Å². The Kier molecular flexibility index (Phi) is 5.82. The van der Waals surface area contributed by atoms with Crippen molar-refractivity contribution in [1.82, 2.24) is 4.90 Å². The van der Waals surface area contributed by atoms with E-state index in [-0.39, 0.29) is 5.75 Å². The van der Waals surface area contributed by atoms with E-state index >= 15 is 0 Å². The van der Waals surface area contributed by atoms with Crippen molar-refractivity contribution in [2.75, 3.05) is 19.3 Å². The molecule has 2 N–H and O–H groups in total. The highest BCUT2D eigenvalue weighted by Crippen LogP contribution is 2.22. The Balaban J connectivity index is 1.90. The molecule has 6 heteroatoms. The number of halogens is 1. The Labute approximate surface area is 135 Å². The molecule has 0 spiro atoms. The fourth-order valence-corrected chi connectivity index (χ4v) is 4.33. The third kappa shape index (κ3) is 4.77. The Morgan fingerprint density at radius 3 is 2.33 bits per heavy atom. The maximum atomic E-state index is 12.3. The van der Waals surface area contributed by atoms with E-state index in [1.54, 1.807) is 24.3 Å². The van der Waals surface area contributed by atoms with Gasteiger partial charge in [-0.1, -0.05) is 15.9 Å². The van der Waals surface area contributed by atoms with Crippen molar-refractivity contribution in [2.24, 2.45) is 5.73 Å². The van der Waals surface area contributed by atoms with Crippen molar-refractivity contribution in [2.45, 2.75) is 42.7 Å². The summed E-state index contributed by atoms with van der Waals surface area (Å²) in [6.07, 6.45) is 4.20. The fourth-order valence-electron chi connectivity index (χ4n) is 2.75. The highest BCUT2D eigenvalue weighted by Gasteiger charge is 2.23. The van der Waals surface area contributed by atoms with Gasteiger partial charge in [0, 0.05) is 23.1 Å². The van der Waals surface area contributed by atoms with Gasteiger partial charge >= 0.3 is 0 Å². The molecule has 0 aliphatic heterocycles. The highest BCUT2D eigenvalue weighted by atomic mass is 79.9. The van der Waals surface area contributed by atoms with Crippen LogP contribution in [0, 0.1) is 0 Å². The standard InChI is InChI=1S/C15H23BrN2O2S/c1-18(14-6-4-13(17)5-7-14)10-11-21(19,20)15-8-2-12(16)3-9-15/h2-3,8-9,13-14H,4-7,10-11,17H2,1H3.